The Morgan fingerprint density at radius 3 is 2.56 bits per heavy atom. The van der Waals surface area contributed by atoms with E-state index in [0.717, 1.165) is 55.1 Å². The lowest BCUT2D eigenvalue weighted by Gasteiger charge is -2.32. The molecule has 0 spiro atoms. The van der Waals surface area contributed by atoms with E-state index in [1.807, 2.05) is 54.6 Å². The Labute approximate surface area is 188 Å². The van der Waals surface area contributed by atoms with E-state index in [9.17, 15) is 9.59 Å². The van der Waals surface area contributed by atoms with Crippen molar-refractivity contribution < 1.29 is 9.59 Å². The van der Waals surface area contributed by atoms with Crippen LogP contribution in [0, 0.1) is 0 Å². The van der Waals surface area contributed by atoms with E-state index in [0.29, 0.717) is 6.54 Å². The highest BCUT2D eigenvalue weighted by Crippen LogP contribution is 2.25. The Hall–Kier alpha value is -3.22. The Balaban J connectivity index is 1.63. The van der Waals surface area contributed by atoms with Crippen molar-refractivity contribution in [2.45, 2.75) is 64.1 Å². The Bertz CT molecular complexity index is 1040. The molecule has 1 aromatic heterocycles. The zero-order valence-corrected chi connectivity index (χ0v) is 18.6. The van der Waals surface area contributed by atoms with Crippen LogP contribution in [0.5, 0.6) is 0 Å². The fourth-order valence-corrected chi connectivity index (χ4v) is 4.44. The van der Waals surface area contributed by atoms with Gasteiger partial charge in [-0.15, -0.1) is 5.10 Å². The lowest BCUT2D eigenvalue weighted by Crippen LogP contribution is -2.47. The van der Waals surface area contributed by atoms with E-state index < -0.39 is 6.04 Å². The predicted molar refractivity (Wildman–Crippen MR) is 124 cm³/mol. The monoisotopic (exact) mass is 433 g/mol. The summed E-state index contributed by atoms with van der Waals surface area (Å²) >= 11 is 0. The summed E-state index contributed by atoms with van der Waals surface area (Å²) < 4.78 is 1.62. The molecule has 1 saturated carbocycles. The minimum Gasteiger partial charge on any atom is -0.351 e. The summed E-state index contributed by atoms with van der Waals surface area (Å²) in [4.78, 5) is 28.8. The number of benzene rings is 2. The highest BCUT2D eigenvalue weighted by atomic mass is 16.2. The number of nitrogens with one attached hydrogen (secondary N) is 1. The van der Waals surface area contributed by atoms with Crippen LogP contribution < -0.4 is 5.32 Å². The molecule has 32 heavy (non-hydrogen) atoms. The molecule has 0 radical (unpaired) electrons. The molecule has 1 atom stereocenters. The van der Waals surface area contributed by atoms with E-state index in [4.69, 9.17) is 0 Å². The Morgan fingerprint density at radius 2 is 1.81 bits per heavy atom. The molecule has 1 fully saturated rings. The molecule has 2 aromatic carbocycles. The highest BCUT2D eigenvalue weighted by Gasteiger charge is 2.33. The smallest absolute Gasteiger partial charge is 0.247 e. The van der Waals surface area contributed by atoms with Crippen LogP contribution in [0.2, 0.25) is 0 Å². The van der Waals surface area contributed by atoms with E-state index in [-0.39, 0.29) is 24.4 Å². The molecule has 1 aliphatic carbocycles. The molecule has 168 valence electrons. The van der Waals surface area contributed by atoms with Gasteiger partial charge in [-0.2, -0.15) is 0 Å². The molecule has 0 saturated heterocycles. The van der Waals surface area contributed by atoms with Gasteiger partial charge in [-0.1, -0.05) is 73.9 Å². The first-order valence-electron chi connectivity index (χ1n) is 11.6. The third-order valence-electron chi connectivity index (χ3n) is 6.16. The molecule has 1 N–H and O–H groups in total. The summed E-state index contributed by atoms with van der Waals surface area (Å²) in [6.45, 7) is 2.65. The number of amides is 2. The fourth-order valence-electron chi connectivity index (χ4n) is 4.44. The van der Waals surface area contributed by atoms with Crippen molar-refractivity contribution >= 4 is 22.8 Å². The molecule has 3 aromatic rings. The summed E-state index contributed by atoms with van der Waals surface area (Å²) in [7, 11) is 0. The summed E-state index contributed by atoms with van der Waals surface area (Å²) in [5, 5.41) is 11.5. The van der Waals surface area contributed by atoms with Gasteiger partial charge in [-0.3, -0.25) is 9.59 Å². The van der Waals surface area contributed by atoms with E-state index in [2.05, 4.69) is 22.6 Å². The second kappa shape index (κ2) is 10.4. The van der Waals surface area contributed by atoms with Gasteiger partial charge in [0.25, 0.3) is 0 Å². The van der Waals surface area contributed by atoms with Gasteiger partial charge >= 0.3 is 0 Å². The molecule has 4 rings (SSSR count). The third-order valence-corrected chi connectivity index (χ3v) is 6.16. The molecule has 1 heterocycles. The van der Waals surface area contributed by atoms with Gasteiger partial charge in [-0.25, -0.2) is 4.68 Å². The van der Waals surface area contributed by atoms with Crippen LogP contribution in [-0.4, -0.2) is 44.3 Å². The number of rotatable bonds is 9. The van der Waals surface area contributed by atoms with Crippen molar-refractivity contribution in [2.24, 2.45) is 0 Å². The van der Waals surface area contributed by atoms with Gasteiger partial charge in [-0.05, 0) is 37.0 Å². The molecule has 7 heteroatoms. The maximum atomic E-state index is 13.6. The number of nitrogens with zero attached hydrogens (tertiary/aromatic N) is 4. The molecular formula is C25H31N5O2. The highest BCUT2D eigenvalue weighted by molar-refractivity contribution is 5.89. The van der Waals surface area contributed by atoms with E-state index in [1.54, 1.807) is 9.58 Å². The molecule has 0 bridgehead atoms. The van der Waals surface area contributed by atoms with Crippen molar-refractivity contribution in [3.05, 3.63) is 60.2 Å². The maximum Gasteiger partial charge on any atom is 0.247 e. The average molecular weight is 434 g/mol. The van der Waals surface area contributed by atoms with Gasteiger partial charge < -0.3 is 10.2 Å². The van der Waals surface area contributed by atoms with Crippen molar-refractivity contribution in [3.63, 3.8) is 0 Å². The minimum absolute atomic E-state index is 0.0459. The molecule has 2 amide bonds. The summed E-state index contributed by atoms with van der Waals surface area (Å²) in [6, 6.07) is 16.7. The van der Waals surface area contributed by atoms with Gasteiger partial charge in [0.15, 0.2) is 0 Å². The van der Waals surface area contributed by atoms with Crippen LogP contribution in [0.4, 0.5) is 0 Å². The first-order chi connectivity index (χ1) is 15.7. The topological polar surface area (TPSA) is 80.1 Å². The van der Waals surface area contributed by atoms with E-state index >= 15 is 0 Å². The number of aromatic nitrogens is 3. The Kier molecular flexibility index (Phi) is 7.14. The fraction of sp³-hybridized carbons (Fsp3) is 0.440. The second-order valence-electron chi connectivity index (χ2n) is 8.48. The first kappa shape index (κ1) is 22.0. The van der Waals surface area contributed by atoms with Crippen molar-refractivity contribution in [1.29, 1.82) is 0 Å². The van der Waals surface area contributed by atoms with Crippen LogP contribution in [0.15, 0.2) is 54.6 Å². The van der Waals surface area contributed by atoms with Crippen LogP contribution >= 0.6 is 0 Å². The standard InChI is InChI=1S/C25H31N5O2/c1-2-3-17-29(23(31)18-30-22-16-10-9-15-21(22)27-28-30)24(19-11-5-4-6-12-19)25(32)26-20-13-7-8-14-20/h4-6,9-12,15-16,20,24H,2-3,7-8,13-14,17-18H2,1H3,(H,26,32). The summed E-state index contributed by atoms with van der Waals surface area (Å²) in [5.74, 6) is -0.236. The maximum absolute atomic E-state index is 13.6. The molecule has 1 aliphatic rings. The van der Waals surface area contributed by atoms with Gasteiger partial charge in [0.2, 0.25) is 11.8 Å². The van der Waals surface area contributed by atoms with Gasteiger partial charge in [0.1, 0.15) is 18.1 Å². The van der Waals surface area contributed by atoms with Gasteiger partial charge in [0.05, 0.1) is 5.52 Å². The van der Waals surface area contributed by atoms with Crippen LogP contribution in [0.3, 0.4) is 0 Å². The predicted octanol–water partition coefficient (Wildman–Crippen LogP) is 3.86. The second-order valence-corrected chi connectivity index (χ2v) is 8.48. The quantitative estimate of drug-likeness (QED) is 0.556. The number of carbonyl (C=O) groups excluding carboxylic acids is 2. The van der Waals surface area contributed by atoms with Crippen molar-refractivity contribution in [1.82, 2.24) is 25.2 Å². The SMILES string of the molecule is CCCCN(C(=O)Cn1nnc2ccccc21)C(C(=O)NC1CCCC1)c1ccccc1. The number of carbonyl (C=O) groups is 2. The zero-order chi connectivity index (χ0) is 22.3. The summed E-state index contributed by atoms with van der Waals surface area (Å²) in [6.07, 6.45) is 6.03. The molecule has 0 aliphatic heterocycles. The number of hydrogen-bond acceptors (Lipinski definition) is 4. The van der Waals surface area contributed by atoms with Crippen molar-refractivity contribution in [2.75, 3.05) is 6.54 Å². The molecular weight excluding hydrogens is 402 g/mol. The lowest BCUT2D eigenvalue weighted by atomic mass is 10.0. The van der Waals surface area contributed by atoms with Crippen LogP contribution in [0.1, 0.15) is 57.1 Å². The average Bonchev–Trinajstić information content (AvgIpc) is 3.47. The number of fused-ring (bicyclic) bond motifs is 1. The normalized spacial score (nSPS) is 15.0. The lowest BCUT2D eigenvalue weighted by molar-refractivity contribution is -0.141. The van der Waals surface area contributed by atoms with E-state index in [1.165, 1.54) is 0 Å². The van der Waals surface area contributed by atoms with Gasteiger partial charge in [0, 0.05) is 12.6 Å². The largest absolute Gasteiger partial charge is 0.351 e. The van der Waals surface area contributed by atoms with Crippen LogP contribution in [-0.2, 0) is 16.1 Å². The number of hydrogen-bond donors (Lipinski definition) is 1. The molecule has 7 nitrogen and oxygen atoms in total. The number of unbranched alkanes of at least 4 members (excludes halogenated alkanes) is 1. The third kappa shape index (κ3) is 4.98. The minimum atomic E-state index is -0.661. The summed E-state index contributed by atoms with van der Waals surface area (Å²) in [5.41, 5.74) is 2.39. The van der Waals surface area contributed by atoms with Crippen molar-refractivity contribution in [3.8, 4) is 0 Å². The number of para-hydroxylation sites is 1. The first-order valence-corrected chi connectivity index (χ1v) is 11.6. The zero-order valence-electron chi connectivity index (χ0n) is 18.6. The molecule has 1 unspecified atom stereocenters. The Morgan fingerprint density at radius 1 is 1.09 bits per heavy atom. The van der Waals surface area contributed by atoms with Crippen LogP contribution in [0.25, 0.3) is 11.0 Å².